The minimum Gasteiger partial charge on any atom is -0.432 e. The number of ether oxygens (including phenoxy) is 2. The highest BCUT2D eigenvalue weighted by atomic mass is 16.7. The van der Waals surface area contributed by atoms with Crippen LogP contribution in [-0.4, -0.2) is 42.2 Å². The van der Waals surface area contributed by atoms with Gasteiger partial charge >= 0.3 is 6.16 Å². The first kappa shape index (κ1) is 18.6. The van der Waals surface area contributed by atoms with Crippen molar-refractivity contribution in [3.8, 4) is 11.5 Å². The molecule has 1 atom stereocenters. The number of hydrogen-bond acceptors (Lipinski definition) is 7. The summed E-state index contributed by atoms with van der Waals surface area (Å²) in [5.74, 6) is 0.417. The van der Waals surface area contributed by atoms with E-state index < -0.39 is 12.4 Å². The quantitative estimate of drug-likeness (QED) is 0.797. The van der Waals surface area contributed by atoms with Gasteiger partial charge in [0.25, 0.3) is 0 Å². The van der Waals surface area contributed by atoms with Gasteiger partial charge in [0.05, 0.1) is 12.3 Å². The maximum absolute atomic E-state index is 11.4. The molecule has 0 bridgehead atoms. The van der Waals surface area contributed by atoms with Crippen LogP contribution in [0.4, 0.5) is 4.79 Å². The molecule has 0 radical (unpaired) electrons. The zero-order chi connectivity index (χ0) is 17.6. The van der Waals surface area contributed by atoms with E-state index in [0.717, 1.165) is 11.3 Å². The lowest BCUT2D eigenvalue weighted by Gasteiger charge is -2.12. The van der Waals surface area contributed by atoms with Gasteiger partial charge in [-0.1, -0.05) is 13.8 Å². The third-order valence-electron chi connectivity index (χ3n) is 2.69. The Kier molecular flexibility index (Phi) is 6.67. The standard InChI is InChI=1S/C12H18N6O3.C2H6/c1-7(2)20-12(19)21-9(4)18-15-11(14-16-18)10-8(3)6-13-17(10)5;1-2/h6-7,9H,1-5H3;1-2H3. The van der Waals surface area contributed by atoms with Crippen LogP contribution in [0.5, 0.6) is 0 Å². The first-order valence-corrected chi connectivity index (χ1v) is 7.54. The van der Waals surface area contributed by atoms with E-state index in [1.165, 1.54) is 4.80 Å². The maximum atomic E-state index is 11.4. The van der Waals surface area contributed by atoms with Gasteiger partial charge in [0.1, 0.15) is 5.69 Å². The summed E-state index contributed by atoms with van der Waals surface area (Å²) in [4.78, 5) is 12.6. The molecule has 1 unspecified atom stereocenters. The summed E-state index contributed by atoms with van der Waals surface area (Å²) in [5.41, 5.74) is 1.70. The summed E-state index contributed by atoms with van der Waals surface area (Å²) >= 11 is 0. The molecule has 0 saturated carbocycles. The molecule has 0 aromatic carbocycles. The Morgan fingerprint density at radius 2 is 1.87 bits per heavy atom. The van der Waals surface area contributed by atoms with Gasteiger partial charge in [0, 0.05) is 7.05 Å². The van der Waals surface area contributed by atoms with E-state index in [-0.39, 0.29) is 6.10 Å². The van der Waals surface area contributed by atoms with Gasteiger partial charge in [0.2, 0.25) is 12.1 Å². The number of rotatable bonds is 4. The van der Waals surface area contributed by atoms with Crippen molar-refractivity contribution in [1.29, 1.82) is 0 Å². The molecule has 0 fully saturated rings. The second-order valence-corrected chi connectivity index (χ2v) is 4.87. The van der Waals surface area contributed by atoms with Crippen molar-refractivity contribution in [1.82, 2.24) is 30.0 Å². The summed E-state index contributed by atoms with van der Waals surface area (Å²) in [6.07, 6.45) is -0.0177. The van der Waals surface area contributed by atoms with Gasteiger partial charge in [-0.3, -0.25) is 4.68 Å². The van der Waals surface area contributed by atoms with Crippen LogP contribution in [0.25, 0.3) is 11.5 Å². The number of carbonyl (C=O) groups excluding carboxylic acids is 1. The first-order valence-electron chi connectivity index (χ1n) is 7.54. The normalized spacial score (nSPS) is 11.7. The van der Waals surface area contributed by atoms with E-state index >= 15 is 0 Å². The molecule has 2 rings (SSSR count). The predicted octanol–water partition coefficient (Wildman–Crippen LogP) is 2.49. The molecule has 0 spiro atoms. The molecule has 128 valence electrons. The van der Waals surface area contributed by atoms with Crippen molar-refractivity contribution in [2.24, 2.45) is 7.05 Å². The van der Waals surface area contributed by atoms with Crippen LogP contribution in [0.15, 0.2) is 6.20 Å². The number of aromatic nitrogens is 6. The third-order valence-corrected chi connectivity index (χ3v) is 2.69. The van der Waals surface area contributed by atoms with E-state index in [9.17, 15) is 4.79 Å². The fourth-order valence-corrected chi connectivity index (χ4v) is 1.75. The summed E-state index contributed by atoms with van der Waals surface area (Å²) in [5, 5.41) is 16.2. The molecule has 2 heterocycles. The van der Waals surface area contributed by atoms with E-state index in [1.54, 1.807) is 38.7 Å². The number of carbonyl (C=O) groups is 1. The maximum Gasteiger partial charge on any atom is 0.510 e. The second kappa shape index (κ2) is 8.25. The van der Waals surface area contributed by atoms with Crippen molar-refractivity contribution >= 4 is 6.16 Å². The number of nitrogens with zero attached hydrogens (tertiary/aromatic N) is 6. The molecular weight excluding hydrogens is 300 g/mol. The topological polar surface area (TPSA) is 97.0 Å². The minimum absolute atomic E-state index is 0.249. The molecule has 9 heteroatoms. The highest BCUT2D eigenvalue weighted by Crippen LogP contribution is 2.18. The molecule has 23 heavy (non-hydrogen) atoms. The van der Waals surface area contributed by atoms with Gasteiger partial charge in [-0.25, -0.2) is 4.79 Å². The van der Waals surface area contributed by atoms with Crippen LogP contribution >= 0.6 is 0 Å². The van der Waals surface area contributed by atoms with E-state index in [0.29, 0.717) is 5.82 Å². The summed E-state index contributed by atoms with van der Waals surface area (Å²) in [7, 11) is 1.79. The fourth-order valence-electron chi connectivity index (χ4n) is 1.75. The van der Waals surface area contributed by atoms with Crippen LogP contribution in [0.2, 0.25) is 0 Å². The van der Waals surface area contributed by atoms with Gasteiger partial charge < -0.3 is 9.47 Å². The van der Waals surface area contributed by atoms with Crippen LogP contribution in [0.1, 0.15) is 46.4 Å². The van der Waals surface area contributed by atoms with E-state index in [1.807, 2.05) is 20.8 Å². The molecule has 0 aliphatic carbocycles. The van der Waals surface area contributed by atoms with Gasteiger partial charge in [0.15, 0.2) is 0 Å². The van der Waals surface area contributed by atoms with Crippen molar-refractivity contribution < 1.29 is 14.3 Å². The molecule has 0 aliphatic heterocycles. The highest BCUT2D eigenvalue weighted by Gasteiger charge is 2.19. The summed E-state index contributed by atoms with van der Waals surface area (Å²) in [6, 6.07) is 0. The zero-order valence-electron chi connectivity index (χ0n) is 14.6. The van der Waals surface area contributed by atoms with Gasteiger partial charge in [-0.05, 0) is 38.5 Å². The van der Waals surface area contributed by atoms with Crippen LogP contribution < -0.4 is 0 Å². The van der Waals surface area contributed by atoms with E-state index in [4.69, 9.17) is 9.47 Å². The summed E-state index contributed by atoms with van der Waals surface area (Å²) < 4.78 is 11.6. The van der Waals surface area contributed by atoms with Gasteiger partial charge in [-0.2, -0.15) is 5.10 Å². The molecule has 0 saturated heterocycles. The highest BCUT2D eigenvalue weighted by molar-refractivity contribution is 5.60. The molecule has 2 aromatic heterocycles. The number of tetrazole rings is 1. The SMILES string of the molecule is CC.Cc1cnn(C)c1-c1nnn(C(C)OC(=O)OC(C)C)n1. The molecule has 0 aliphatic rings. The van der Waals surface area contributed by atoms with Crippen molar-refractivity contribution in [2.45, 2.75) is 53.9 Å². The Labute approximate surface area is 135 Å². The average Bonchev–Trinajstić information content (AvgIpc) is 3.07. The van der Waals surface area contributed by atoms with Crippen LogP contribution in [-0.2, 0) is 16.5 Å². The van der Waals surface area contributed by atoms with Crippen molar-refractivity contribution in [3.63, 3.8) is 0 Å². The van der Waals surface area contributed by atoms with E-state index in [2.05, 4.69) is 20.5 Å². The second-order valence-electron chi connectivity index (χ2n) is 4.87. The zero-order valence-corrected chi connectivity index (χ0v) is 14.6. The monoisotopic (exact) mass is 324 g/mol. The minimum atomic E-state index is -0.770. The van der Waals surface area contributed by atoms with Crippen molar-refractivity contribution in [3.05, 3.63) is 11.8 Å². The van der Waals surface area contributed by atoms with Crippen molar-refractivity contribution in [2.75, 3.05) is 0 Å². The first-order chi connectivity index (χ1) is 10.9. The largest absolute Gasteiger partial charge is 0.510 e. The summed E-state index contributed by atoms with van der Waals surface area (Å²) in [6.45, 7) is 11.0. The van der Waals surface area contributed by atoms with Crippen LogP contribution in [0.3, 0.4) is 0 Å². The Bertz CT molecular complexity index is 615. The Morgan fingerprint density at radius 3 is 2.39 bits per heavy atom. The number of hydrogen-bond donors (Lipinski definition) is 0. The lowest BCUT2D eigenvalue weighted by molar-refractivity contribution is -0.0197. The fraction of sp³-hybridized carbons (Fsp3) is 0.643. The molecular formula is C14H24N6O3. The Hall–Kier alpha value is -2.45. The molecule has 0 amide bonds. The Balaban J connectivity index is 0.00000127. The third kappa shape index (κ3) is 4.76. The van der Waals surface area contributed by atoms with Crippen LogP contribution in [0, 0.1) is 6.92 Å². The van der Waals surface area contributed by atoms with Gasteiger partial charge in [-0.15, -0.1) is 15.0 Å². The average molecular weight is 324 g/mol. The lowest BCUT2D eigenvalue weighted by Crippen LogP contribution is -2.20. The molecule has 0 N–H and O–H groups in total. The smallest absolute Gasteiger partial charge is 0.432 e. The molecule has 9 nitrogen and oxygen atoms in total. The molecule has 2 aromatic rings. The number of aryl methyl sites for hydroxylation is 2. The Morgan fingerprint density at radius 1 is 1.22 bits per heavy atom. The predicted molar refractivity (Wildman–Crippen MR) is 83.5 cm³/mol. The lowest BCUT2D eigenvalue weighted by atomic mass is 10.3.